The van der Waals surface area contributed by atoms with Gasteiger partial charge in [0, 0.05) is 0 Å². The number of hydrogen-bond acceptors (Lipinski definition) is 0. The molecule has 0 spiro atoms. The summed E-state index contributed by atoms with van der Waals surface area (Å²) in [7, 11) is 5.63. The van der Waals surface area contributed by atoms with Crippen LogP contribution in [0, 0.1) is 0 Å². The van der Waals surface area contributed by atoms with E-state index >= 15 is 0 Å². The van der Waals surface area contributed by atoms with E-state index in [1.807, 2.05) is 0 Å². The van der Waals surface area contributed by atoms with Gasteiger partial charge in [0.1, 0.15) is 0 Å². The third-order valence-corrected chi connectivity index (χ3v) is 0. The van der Waals surface area contributed by atoms with E-state index < -0.39 is 6.20 Å². The Morgan fingerprint density at radius 3 is 0.875 bits per heavy atom. The van der Waals surface area contributed by atoms with Crippen LogP contribution in [0.1, 0.15) is 0 Å². The molecule has 8 heteroatoms. The maximum atomic E-state index is 5.63. The van der Waals surface area contributed by atoms with Crippen LogP contribution in [0.25, 0.3) is 0 Å². The molecule has 0 unspecified atom stereocenters. The Kier molecular flexibility index (Phi) is 18.5. The van der Waals surface area contributed by atoms with Crippen molar-refractivity contribution in [2.45, 2.75) is 0 Å². The van der Waals surface area contributed by atoms with Crippen molar-refractivity contribution in [1.82, 2.24) is 0 Å². The van der Waals surface area contributed by atoms with E-state index in [4.69, 9.17) is 9.19 Å². The van der Waals surface area contributed by atoms with Crippen LogP contribution in [-0.2, 0) is 6.20 Å². The third kappa shape index (κ3) is 39.8. The third-order valence-electron chi connectivity index (χ3n) is 0. The van der Waals surface area contributed by atoms with Gasteiger partial charge in [-0.2, -0.15) is 0 Å². The minimum absolute atomic E-state index is 0. The SMILES string of the molecule is [Cl][Au-2]([Br])([Br])([Br])[Br].[K+].[K+]. The first-order chi connectivity index (χ1) is 2.24. The van der Waals surface area contributed by atoms with Gasteiger partial charge >= 0.3 is 170 Å². The van der Waals surface area contributed by atoms with Crippen LogP contribution in [0.5, 0.6) is 0 Å². The van der Waals surface area contributed by atoms with Gasteiger partial charge in [0.25, 0.3) is 0 Å². The Morgan fingerprint density at radius 1 is 0.875 bits per heavy atom. The molecule has 0 aromatic heterocycles. The Labute approximate surface area is 164 Å². The zero-order valence-electron chi connectivity index (χ0n) is 4.19. The zero-order valence-corrected chi connectivity index (χ0v) is 19.7. The van der Waals surface area contributed by atoms with Crippen molar-refractivity contribution in [2.24, 2.45) is 0 Å². The van der Waals surface area contributed by atoms with Gasteiger partial charge in [0.2, 0.25) is 0 Å². The fourth-order valence-corrected chi connectivity index (χ4v) is 0. The van der Waals surface area contributed by atoms with E-state index in [0.717, 1.165) is 0 Å². The predicted molar refractivity (Wildman–Crippen MR) is 41.6 cm³/mol. The van der Waals surface area contributed by atoms with Crippen molar-refractivity contribution in [2.75, 3.05) is 0 Å². The van der Waals surface area contributed by atoms with E-state index in [1.54, 1.807) is 0 Å². The van der Waals surface area contributed by atoms with E-state index in [-0.39, 0.29) is 103 Å². The summed E-state index contributed by atoms with van der Waals surface area (Å²) in [5.41, 5.74) is 0. The first kappa shape index (κ1) is 19.7. The van der Waals surface area contributed by atoms with Crippen LogP contribution in [0.4, 0.5) is 0 Å². The summed E-state index contributed by atoms with van der Waals surface area (Å²) in [6, 6.07) is 0. The molecule has 0 rings (SSSR count). The Hall–Kier alpha value is 6.22. The summed E-state index contributed by atoms with van der Waals surface area (Å²) in [5, 5.41) is 0. The molecule has 0 nitrogen and oxygen atoms in total. The number of rotatable bonds is 0. The van der Waals surface area contributed by atoms with Gasteiger partial charge in [-0.15, -0.1) is 0 Å². The smallest absolute Gasteiger partial charge is 1.00 e. The quantitative estimate of drug-likeness (QED) is 0.274. The number of halogens is 5. The second-order valence-corrected chi connectivity index (χ2v) is 79.1. The molecule has 0 N–H and O–H groups in total. The first-order valence-electron chi connectivity index (χ1n) is 0.570. The second kappa shape index (κ2) is 7.51. The molecule has 48 valence electrons. The molecule has 0 heterocycles. The Bertz CT molecular complexity index is 47.2. The van der Waals surface area contributed by atoms with Gasteiger partial charge in [-0.1, -0.05) is 0 Å². The monoisotopic (exact) mass is 626 g/mol. The molecule has 0 atom stereocenters. The molecule has 0 aliphatic heterocycles. The molecule has 0 aliphatic rings. The molecule has 0 radical (unpaired) electrons. The summed E-state index contributed by atoms with van der Waals surface area (Å²) < 4.78 is 0. The molecular formula is AuBr4ClK2. The molecular weight excluding hydrogens is 630 g/mol. The molecule has 0 fully saturated rings. The van der Waals surface area contributed by atoms with Crippen LogP contribution in [-0.4, -0.2) is 0 Å². The van der Waals surface area contributed by atoms with Crippen molar-refractivity contribution in [3.63, 3.8) is 0 Å². The summed E-state index contributed by atoms with van der Waals surface area (Å²) in [4.78, 5) is 0. The van der Waals surface area contributed by atoms with E-state index in [2.05, 4.69) is 52.1 Å². The molecule has 8 heavy (non-hydrogen) atoms. The van der Waals surface area contributed by atoms with Gasteiger partial charge in [0.05, 0.1) is 0 Å². The van der Waals surface area contributed by atoms with Crippen LogP contribution in [0.15, 0.2) is 0 Å². The van der Waals surface area contributed by atoms with Crippen LogP contribution >= 0.6 is 61.3 Å². The van der Waals surface area contributed by atoms with Crippen molar-refractivity contribution >= 4 is 61.3 Å². The average Bonchev–Trinajstić information content (AvgIpc) is 0.650. The first-order valence-corrected chi connectivity index (χ1v) is 22.2. The van der Waals surface area contributed by atoms with E-state index in [0.29, 0.717) is 0 Å². The molecule has 0 amide bonds. The molecule has 0 saturated heterocycles. The summed E-state index contributed by atoms with van der Waals surface area (Å²) >= 11 is 12.7. The Balaban J connectivity index is -0.000000125. The normalized spacial score (nSPS) is 14.4. The largest absolute Gasteiger partial charge is 1.00 e. The Morgan fingerprint density at radius 2 is 0.875 bits per heavy atom. The summed E-state index contributed by atoms with van der Waals surface area (Å²) in [6.07, 6.45) is -2.78. The zero-order chi connectivity index (χ0) is 5.45. The second-order valence-electron chi connectivity index (χ2n) is 0.431. The number of hydrogen-bond donors (Lipinski definition) is 0. The summed E-state index contributed by atoms with van der Waals surface area (Å²) in [5.74, 6) is 0. The maximum Gasteiger partial charge on any atom is 1.00 e. The van der Waals surface area contributed by atoms with Gasteiger partial charge in [0.15, 0.2) is 0 Å². The fraction of sp³-hybridized carbons (Fsp3) is 0. The maximum absolute atomic E-state index is 5.63. The molecule has 0 aromatic carbocycles. The van der Waals surface area contributed by atoms with Crippen molar-refractivity contribution in [3.8, 4) is 0 Å². The molecule has 0 aromatic rings. The van der Waals surface area contributed by atoms with Crippen molar-refractivity contribution in [3.05, 3.63) is 0 Å². The minimum Gasteiger partial charge on any atom is 1.00 e. The van der Waals surface area contributed by atoms with E-state index in [1.165, 1.54) is 0 Å². The van der Waals surface area contributed by atoms with Crippen molar-refractivity contribution < 1.29 is 109 Å². The standard InChI is InChI=1S/Au.4BrH.ClH.2K/h;5*1H;;/q+3;;;;;;2*+1/p-5. The minimum atomic E-state index is -2.78. The predicted octanol–water partition coefficient (Wildman–Crippen LogP) is -1.92. The van der Waals surface area contributed by atoms with Crippen LogP contribution in [0.2, 0.25) is 0 Å². The topological polar surface area (TPSA) is 0 Å². The molecule has 0 saturated carbocycles. The van der Waals surface area contributed by atoms with E-state index in [9.17, 15) is 0 Å². The van der Waals surface area contributed by atoms with Crippen LogP contribution in [0.3, 0.4) is 0 Å². The van der Waals surface area contributed by atoms with Gasteiger partial charge in [-0.05, 0) is 0 Å². The molecule has 0 bridgehead atoms. The molecule has 0 aliphatic carbocycles. The van der Waals surface area contributed by atoms with Gasteiger partial charge in [-0.3, -0.25) is 0 Å². The van der Waals surface area contributed by atoms with Crippen molar-refractivity contribution in [1.29, 1.82) is 0 Å². The van der Waals surface area contributed by atoms with Gasteiger partial charge in [-0.25, -0.2) is 0 Å². The average molecular weight is 630 g/mol. The van der Waals surface area contributed by atoms with Crippen LogP contribution < -0.4 is 103 Å². The van der Waals surface area contributed by atoms with Gasteiger partial charge < -0.3 is 0 Å². The fourth-order valence-electron chi connectivity index (χ4n) is 0. The summed E-state index contributed by atoms with van der Waals surface area (Å²) in [6.45, 7) is 0.